The molecule has 0 fully saturated rings. The Morgan fingerprint density at radius 3 is 2.22 bits per heavy atom. The van der Waals surface area contributed by atoms with E-state index in [1.54, 1.807) is 24.3 Å². The van der Waals surface area contributed by atoms with Gasteiger partial charge in [0.15, 0.2) is 16.8 Å². The molecular weight excluding hydrogens is 392 g/mol. The first kappa shape index (κ1) is 19.3. The third-order valence-electron chi connectivity index (χ3n) is 3.54. The van der Waals surface area contributed by atoms with Crippen LogP contribution in [0, 0.1) is 25.5 Å². The number of hydrogen-bond acceptors (Lipinski definition) is 4. The molecule has 2 aromatic carbocycles. The average molecular weight is 406 g/mol. The summed E-state index contributed by atoms with van der Waals surface area (Å²) in [6, 6.07) is 10.4. The van der Waals surface area contributed by atoms with Crippen LogP contribution in [0.2, 0.25) is 5.02 Å². The van der Waals surface area contributed by atoms with Crippen LogP contribution in [-0.2, 0) is 0 Å². The summed E-state index contributed by atoms with van der Waals surface area (Å²) in [4.78, 5) is 21.9. The number of carbonyl (C=O) groups is 1. The van der Waals surface area contributed by atoms with Gasteiger partial charge in [-0.1, -0.05) is 11.6 Å². The van der Waals surface area contributed by atoms with Crippen molar-refractivity contribution in [3.05, 3.63) is 76.1 Å². The molecule has 0 aliphatic heterocycles. The molecule has 0 spiro atoms. The van der Waals surface area contributed by atoms with Crippen molar-refractivity contribution in [2.45, 2.75) is 23.9 Å². The van der Waals surface area contributed by atoms with Gasteiger partial charge in [-0.2, -0.15) is 0 Å². The van der Waals surface area contributed by atoms with Crippen LogP contribution < -0.4 is 5.32 Å². The monoisotopic (exact) mass is 405 g/mol. The predicted molar refractivity (Wildman–Crippen MR) is 101 cm³/mol. The van der Waals surface area contributed by atoms with Crippen molar-refractivity contribution in [1.82, 2.24) is 9.97 Å². The molecule has 1 heterocycles. The Balaban J connectivity index is 1.72. The van der Waals surface area contributed by atoms with Crippen LogP contribution >= 0.6 is 23.4 Å². The zero-order valence-corrected chi connectivity index (χ0v) is 16.0. The van der Waals surface area contributed by atoms with E-state index in [0.717, 1.165) is 28.4 Å². The Labute approximate surface area is 164 Å². The summed E-state index contributed by atoms with van der Waals surface area (Å²) in [7, 11) is 0. The molecule has 138 valence electrons. The van der Waals surface area contributed by atoms with E-state index in [1.165, 1.54) is 11.8 Å². The van der Waals surface area contributed by atoms with Crippen molar-refractivity contribution < 1.29 is 13.6 Å². The Hall–Kier alpha value is -2.51. The van der Waals surface area contributed by atoms with Gasteiger partial charge in [-0.3, -0.25) is 4.79 Å². The zero-order valence-electron chi connectivity index (χ0n) is 14.4. The van der Waals surface area contributed by atoms with Gasteiger partial charge >= 0.3 is 0 Å². The fourth-order valence-corrected chi connectivity index (χ4v) is 3.44. The number of anilines is 1. The second kappa shape index (κ2) is 8.02. The van der Waals surface area contributed by atoms with Gasteiger partial charge in [0.05, 0.1) is 10.6 Å². The molecule has 0 aliphatic carbocycles. The molecule has 0 aliphatic rings. The maximum absolute atomic E-state index is 13.3. The lowest BCUT2D eigenvalue weighted by Crippen LogP contribution is -2.13. The topological polar surface area (TPSA) is 54.9 Å². The van der Waals surface area contributed by atoms with E-state index in [1.807, 2.05) is 19.9 Å². The number of aromatic nitrogens is 2. The second-order valence-electron chi connectivity index (χ2n) is 5.76. The summed E-state index contributed by atoms with van der Waals surface area (Å²) >= 11 is 7.22. The lowest BCUT2D eigenvalue weighted by molar-refractivity contribution is 0.102. The number of hydrogen-bond donors (Lipinski definition) is 1. The van der Waals surface area contributed by atoms with Gasteiger partial charge in [0.1, 0.15) is 0 Å². The highest BCUT2D eigenvalue weighted by Gasteiger charge is 2.15. The number of nitrogens with one attached hydrogen (secondary N) is 1. The van der Waals surface area contributed by atoms with E-state index < -0.39 is 17.5 Å². The number of carbonyl (C=O) groups excluding carboxylic acids is 1. The van der Waals surface area contributed by atoms with E-state index >= 15 is 0 Å². The van der Waals surface area contributed by atoms with Crippen molar-refractivity contribution in [1.29, 1.82) is 0 Å². The zero-order chi connectivity index (χ0) is 19.6. The minimum absolute atomic E-state index is 0.141. The number of halogens is 3. The molecule has 1 aromatic heterocycles. The first-order chi connectivity index (χ1) is 12.8. The molecule has 0 radical (unpaired) electrons. The molecule has 8 heteroatoms. The van der Waals surface area contributed by atoms with E-state index in [-0.39, 0.29) is 10.6 Å². The van der Waals surface area contributed by atoms with Crippen LogP contribution in [0.5, 0.6) is 0 Å². The number of amides is 1. The normalized spacial score (nSPS) is 10.7. The highest BCUT2D eigenvalue weighted by Crippen LogP contribution is 2.27. The third-order valence-corrected chi connectivity index (χ3v) is 4.72. The van der Waals surface area contributed by atoms with Crippen LogP contribution in [0.15, 0.2) is 52.5 Å². The van der Waals surface area contributed by atoms with E-state index in [4.69, 9.17) is 11.6 Å². The lowest BCUT2D eigenvalue weighted by atomic mass is 10.2. The number of benzene rings is 2. The highest BCUT2D eigenvalue weighted by atomic mass is 35.5. The molecule has 27 heavy (non-hydrogen) atoms. The smallest absolute Gasteiger partial charge is 0.257 e. The summed E-state index contributed by atoms with van der Waals surface area (Å²) in [6.45, 7) is 3.81. The quantitative estimate of drug-likeness (QED) is 0.464. The number of rotatable bonds is 4. The standard InChI is InChI=1S/C19H14ClF2N3OS/c1-10-7-11(2)24-19(23-10)27-13-5-3-12(4-6-13)25-18(26)14-8-16(21)17(22)9-15(14)20/h3-9H,1-2H3,(H,25,26). The molecule has 1 N–H and O–H groups in total. The largest absolute Gasteiger partial charge is 0.322 e. The van der Waals surface area contributed by atoms with Crippen molar-refractivity contribution >= 4 is 35.0 Å². The van der Waals surface area contributed by atoms with E-state index in [9.17, 15) is 13.6 Å². The van der Waals surface area contributed by atoms with Gasteiger partial charge in [-0.25, -0.2) is 18.7 Å². The molecule has 0 bridgehead atoms. The Morgan fingerprint density at radius 2 is 1.59 bits per heavy atom. The molecular formula is C19H14ClF2N3OS. The first-order valence-corrected chi connectivity index (χ1v) is 9.07. The van der Waals surface area contributed by atoms with E-state index in [0.29, 0.717) is 10.8 Å². The molecule has 0 atom stereocenters. The van der Waals surface area contributed by atoms with Crippen LogP contribution in [0.3, 0.4) is 0 Å². The fraction of sp³-hybridized carbons (Fsp3) is 0.105. The maximum Gasteiger partial charge on any atom is 0.257 e. The Bertz CT molecular complexity index is 992. The van der Waals surface area contributed by atoms with E-state index in [2.05, 4.69) is 15.3 Å². The summed E-state index contributed by atoms with van der Waals surface area (Å²) in [5.74, 6) is -2.87. The predicted octanol–water partition coefficient (Wildman–Crippen LogP) is 5.43. The van der Waals surface area contributed by atoms with Crippen molar-refractivity contribution in [2.24, 2.45) is 0 Å². The van der Waals surface area contributed by atoms with Gasteiger partial charge in [0.2, 0.25) is 0 Å². The van der Waals surface area contributed by atoms with Crippen LogP contribution in [0.4, 0.5) is 14.5 Å². The molecule has 1 amide bonds. The summed E-state index contributed by atoms with van der Waals surface area (Å²) in [5, 5.41) is 3.08. The SMILES string of the molecule is Cc1cc(C)nc(Sc2ccc(NC(=O)c3cc(F)c(F)cc3Cl)cc2)n1. The number of nitrogens with zero attached hydrogens (tertiary/aromatic N) is 2. The molecule has 3 aromatic rings. The molecule has 0 unspecified atom stereocenters. The molecule has 0 saturated carbocycles. The van der Waals surface area contributed by atoms with Crippen LogP contribution in [0.25, 0.3) is 0 Å². The molecule has 4 nitrogen and oxygen atoms in total. The third kappa shape index (κ3) is 4.81. The van der Waals surface area contributed by atoms with Crippen LogP contribution in [-0.4, -0.2) is 15.9 Å². The maximum atomic E-state index is 13.3. The molecule has 3 rings (SSSR count). The van der Waals surface area contributed by atoms with Crippen LogP contribution in [0.1, 0.15) is 21.7 Å². The fourth-order valence-electron chi connectivity index (χ4n) is 2.35. The van der Waals surface area contributed by atoms with Gasteiger partial charge < -0.3 is 5.32 Å². The lowest BCUT2D eigenvalue weighted by Gasteiger charge is -2.08. The Kier molecular flexibility index (Phi) is 5.72. The van der Waals surface area contributed by atoms with Crippen molar-refractivity contribution in [2.75, 3.05) is 5.32 Å². The molecule has 0 saturated heterocycles. The summed E-state index contributed by atoms with van der Waals surface area (Å²) in [5.41, 5.74) is 2.12. The number of aryl methyl sites for hydroxylation is 2. The Morgan fingerprint density at radius 1 is 1.00 bits per heavy atom. The minimum Gasteiger partial charge on any atom is -0.322 e. The van der Waals surface area contributed by atoms with Gasteiger partial charge in [0, 0.05) is 22.0 Å². The highest BCUT2D eigenvalue weighted by molar-refractivity contribution is 7.99. The summed E-state index contributed by atoms with van der Waals surface area (Å²) in [6.07, 6.45) is 0. The minimum atomic E-state index is -1.13. The van der Waals surface area contributed by atoms with Gasteiger partial charge in [-0.15, -0.1) is 0 Å². The van der Waals surface area contributed by atoms with Gasteiger partial charge in [-0.05, 0) is 68.1 Å². The summed E-state index contributed by atoms with van der Waals surface area (Å²) < 4.78 is 26.5. The average Bonchev–Trinajstić information content (AvgIpc) is 2.59. The first-order valence-electron chi connectivity index (χ1n) is 7.88. The van der Waals surface area contributed by atoms with Crippen molar-refractivity contribution in [3.8, 4) is 0 Å². The van der Waals surface area contributed by atoms with Crippen molar-refractivity contribution in [3.63, 3.8) is 0 Å². The second-order valence-corrected chi connectivity index (χ2v) is 7.21. The van der Waals surface area contributed by atoms with Gasteiger partial charge in [0.25, 0.3) is 5.91 Å².